The number of benzene rings is 3. The van der Waals surface area contributed by atoms with Crippen LogP contribution >= 0.6 is 0 Å². The highest BCUT2D eigenvalue weighted by molar-refractivity contribution is 7.86. The van der Waals surface area contributed by atoms with Crippen molar-refractivity contribution in [2.24, 2.45) is 0 Å². The van der Waals surface area contributed by atoms with Crippen molar-refractivity contribution in [2.45, 2.75) is 31.9 Å². The first kappa shape index (κ1) is 25.8. The van der Waals surface area contributed by atoms with E-state index in [1.807, 2.05) is 31.2 Å². The van der Waals surface area contributed by atoms with Crippen molar-refractivity contribution < 1.29 is 32.3 Å². The quantitative estimate of drug-likeness (QED) is 0.222. The van der Waals surface area contributed by atoms with Gasteiger partial charge < -0.3 is 19.1 Å². The van der Waals surface area contributed by atoms with E-state index < -0.39 is 16.1 Å². The Kier molecular flexibility index (Phi) is 8.54. The number of hydrogen-bond acceptors (Lipinski definition) is 6. The molecule has 184 valence electrons. The third-order valence-electron chi connectivity index (χ3n) is 5.51. The molecule has 35 heavy (non-hydrogen) atoms. The van der Waals surface area contributed by atoms with Gasteiger partial charge in [-0.2, -0.15) is 8.42 Å². The first-order chi connectivity index (χ1) is 16.7. The predicted octanol–water partition coefficient (Wildman–Crippen LogP) is 4.86. The molecular weight excluding hydrogens is 468 g/mol. The van der Waals surface area contributed by atoms with Gasteiger partial charge in [0.15, 0.2) is 0 Å². The van der Waals surface area contributed by atoms with E-state index in [4.69, 9.17) is 14.0 Å². The molecule has 8 heteroatoms. The molecule has 0 atom stereocenters. The topological polar surface area (TPSA) is 110 Å². The van der Waals surface area contributed by atoms with Crippen LogP contribution in [0.25, 0.3) is 6.08 Å². The molecule has 0 saturated heterocycles. The number of aryl methyl sites for hydroxylation is 3. The number of carboxylic acids is 1. The monoisotopic (exact) mass is 496 g/mol. The van der Waals surface area contributed by atoms with Gasteiger partial charge in [-0.15, -0.1) is 0 Å². The molecule has 0 radical (unpaired) electrons. The summed E-state index contributed by atoms with van der Waals surface area (Å²) in [7, 11) is -2.57. The Balaban J connectivity index is 1.65. The molecule has 3 aromatic carbocycles. The summed E-state index contributed by atoms with van der Waals surface area (Å²) in [5.41, 5.74) is 3.53. The smallest absolute Gasteiger partial charge is 0.371 e. The van der Waals surface area contributed by atoms with Crippen LogP contribution in [-0.4, -0.2) is 31.7 Å². The van der Waals surface area contributed by atoms with Crippen LogP contribution in [0.2, 0.25) is 0 Å². The van der Waals surface area contributed by atoms with Crippen LogP contribution in [0.1, 0.15) is 34.2 Å². The Morgan fingerprint density at radius 1 is 0.943 bits per heavy atom. The molecule has 0 spiro atoms. The lowest BCUT2D eigenvalue weighted by molar-refractivity contribution is -0.135. The highest BCUT2D eigenvalue weighted by Gasteiger charge is 2.17. The number of hydrogen-bond donors (Lipinski definition) is 2. The number of phenols is 1. The summed E-state index contributed by atoms with van der Waals surface area (Å²) in [4.78, 5) is 11.1. The van der Waals surface area contributed by atoms with Gasteiger partial charge >= 0.3 is 16.1 Å². The minimum atomic E-state index is -3.84. The first-order valence-corrected chi connectivity index (χ1v) is 12.6. The molecule has 0 aliphatic rings. The maximum atomic E-state index is 12.7. The summed E-state index contributed by atoms with van der Waals surface area (Å²) in [5, 5.41) is 19.4. The molecule has 3 rings (SSSR count). The van der Waals surface area contributed by atoms with Crippen LogP contribution in [0, 0.1) is 6.92 Å². The Labute approximate surface area is 205 Å². The number of rotatable bonds is 11. The maximum absolute atomic E-state index is 12.7. The number of ether oxygens (including phenoxy) is 1. The largest absolute Gasteiger partial charge is 0.508 e. The molecule has 0 aliphatic heterocycles. The summed E-state index contributed by atoms with van der Waals surface area (Å²) in [6.45, 7) is 1.86. The molecule has 0 heterocycles. The van der Waals surface area contributed by atoms with Crippen molar-refractivity contribution >= 4 is 22.2 Å². The van der Waals surface area contributed by atoms with E-state index in [-0.39, 0.29) is 17.3 Å². The molecule has 3 aromatic rings. The summed E-state index contributed by atoms with van der Waals surface area (Å²) >= 11 is 0. The zero-order chi connectivity index (χ0) is 25.4. The molecule has 0 bridgehead atoms. The number of aliphatic carboxylic acids is 1. The van der Waals surface area contributed by atoms with Crippen molar-refractivity contribution in [1.29, 1.82) is 0 Å². The van der Waals surface area contributed by atoms with Gasteiger partial charge in [0.25, 0.3) is 0 Å². The molecule has 0 fully saturated rings. The Bertz CT molecular complexity index is 1330. The van der Waals surface area contributed by atoms with Crippen molar-refractivity contribution in [3.8, 4) is 11.5 Å². The average molecular weight is 497 g/mol. The van der Waals surface area contributed by atoms with Crippen molar-refractivity contribution in [3.05, 3.63) is 100 Å². The van der Waals surface area contributed by atoms with E-state index in [9.17, 15) is 18.3 Å². The summed E-state index contributed by atoms with van der Waals surface area (Å²) in [6, 6.07) is 19.2. The minimum Gasteiger partial charge on any atom is -0.508 e. The zero-order valence-electron chi connectivity index (χ0n) is 19.6. The van der Waals surface area contributed by atoms with Gasteiger partial charge in [-0.25, -0.2) is 4.79 Å². The normalized spacial score (nSPS) is 11.8. The standard InChI is InChI=1S/C27H28O7S/c1-19-8-3-4-10-23(19)18-35(31,32)34-25-13-6-5-9-22(25)12-7-11-21-15-14-20(16-24(21)28)17-26(33-2)27(29)30/h3-6,8-10,13-17,28H,7,11-12,18H2,1-2H3,(H,29,30)/b26-17-. The highest BCUT2D eigenvalue weighted by atomic mass is 32.2. The molecule has 2 N–H and O–H groups in total. The number of para-hydroxylation sites is 1. The van der Waals surface area contributed by atoms with Crippen LogP contribution < -0.4 is 4.18 Å². The fourth-order valence-electron chi connectivity index (χ4n) is 3.63. The van der Waals surface area contributed by atoms with Gasteiger partial charge in [-0.05, 0) is 72.2 Å². The van der Waals surface area contributed by atoms with Gasteiger partial charge in [0, 0.05) is 0 Å². The summed E-state index contributed by atoms with van der Waals surface area (Å²) in [5.74, 6) is -1.30. The molecule has 0 amide bonds. The first-order valence-electron chi connectivity index (χ1n) is 11.0. The Morgan fingerprint density at radius 3 is 2.26 bits per heavy atom. The van der Waals surface area contributed by atoms with E-state index in [2.05, 4.69) is 0 Å². The predicted molar refractivity (Wildman–Crippen MR) is 134 cm³/mol. The minimum absolute atomic E-state index is 0.0462. The van der Waals surface area contributed by atoms with Crippen molar-refractivity contribution in [2.75, 3.05) is 7.11 Å². The number of aromatic hydroxyl groups is 1. The highest BCUT2D eigenvalue weighted by Crippen LogP contribution is 2.26. The average Bonchev–Trinajstić information content (AvgIpc) is 2.81. The van der Waals surface area contributed by atoms with Crippen LogP contribution in [0.5, 0.6) is 11.5 Å². The molecule has 7 nitrogen and oxygen atoms in total. The number of phenolic OH excluding ortho intramolecular Hbond substituents is 1. The zero-order valence-corrected chi connectivity index (χ0v) is 20.4. The molecule has 0 aliphatic carbocycles. The van der Waals surface area contributed by atoms with Crippen LogP contribution in [0.3, 0.4) is 0 Å². The maximum Gasteiger partial charge on any atom is 0.371 e. The number of carboxylic acid groups (broad SMARTS) is 1. The second kappa shape index (κ2) is 11.6. The molecule has 0 aromatic heterocycles. The van der Waals surface area contributed by atoms with Crippen LogP contribution in [0.4, 0.5) is 0 Å². The van der Waals surface area contributed by atoms with E-state index in [1.54, 1.807) is 36.4 Å². The van der Waals surface area contributed by atoms with Gasteiger partial charge in [0.05, 0.1) is 7.11 Å². The lowest BCUT2D eigenvalue weighted by Crippen LogP contribution is -2.14. The molecule has 0 unspecified atom stereocenters. The van der Waals surface area contributed by atoms with E-state index in [0.717, 1.165) is 11.1 Å². The Hall–Kier alpha value is -3.78. The number of carbonyl (C=O) groups is 1. The molecular formula is C27H28O7S. The van der Waals surface area contributed by atoms with Crippen LogP contribution in [-0.2, 0) is 38.2 Å². The van der Waals surface area contributed by atoms with Crippen molar-refractivity contribution in [3.63, 3.8) is 0 Å². The summed E-state index contributed by atoms with van der Waals surface area (Å²) < 4.78 is 35.6. The second-order valence-corrected chi connectivity index (χ2v) is 9.65. The van der Waals surface area contributed by atoms with E-state index in [0.29, 0.717) is 41.7 Å². The lowest BCUT2D eigenvalue weighted by Gasteiger charge is -2.13. The van der Waals surface area contributed by atoms with Gasteiger partial charge in [0.1, 0.15) is 17.3 Å². The fraction of sp³-hybridized carbons (Fsp3) is 0.222. The second-order valence-electron chi connectivity index (χ2n) is 8.08. The number of methoxy groups -OCH3 is 1. The Morgan fingerprint density at radius 2 is 1.60 bits per heavy atom. The fourth-order valence-corrected chi connectivity index (χ4v) is 4.83. The van der Waals surface area contributed by atoms with E-state index >= 15 is 0 Å². The third kappa shape index (κ3) is 7.35. The third-order valence-corrected chi connectivity index (χ3v) is 6.61. The van der Waals surface area contributed by atoms with Crippen molar-refractivity contribution in [1.82, 2.24) is 0 Å². The van der Waals surface area contributed by atoms with Crippen LogP contribution in [0.15, 0.2) is 72.5 Å². The van der Waals surface area contributed by atoms with E-state index in [1.165, 1.54) is 19.3 Å². The van der Waals surface area contributed by atoms with Gasteiger partial charge in [-0.3, -0.25) is 0 Å². The molecule has 0 saturated carbocycles. The summed E-state index contributed by atoms with van der Waals surface area (Å²) in [6.07, 6.45) is 3.05. The SMILES string of the molecule is CO/C(=C\c1ccc(CCCc2ccccc2OS(=O)(=O)Cc2ccccc2C)c(O)c1)C(=O)O. The lowest BCUT2D eigenvalue weighted by atomic mass is 10.0. The van der Waals surface area contributed by atoms with Gasteiger partial charge in [-0.1, -0.05) is 54.6 Å². The van der Waals surface area contributed by atoms with Gasteiger partial charge in [0.2, 0.25) is 5.76 Å².